The zero-order chi connectivity index (χ0) is 9.90. The van der Waals surface area contributed by atoms with Crippen LogP contribution in [0.5, 0.6) is 0 Å². The maximum absolute atomic E-state index is 11.1. The number of carbonyl (C=O) groups is 1. The Bertz CT molecular complexity index is 281. The number of nitrogens with one attached hydrogen (secondary N) is 1. The van der Waals surface area contributed by atoms with Crippen LogP contribution >= 0.6 is 0 Å². The van der Waals surface area contributed by atoms with E-state index in [0.29, 0.717) is 12.8 Å². The summed E-state index contributed by atoms with van der Waals surface area (Å²) in [4.78, 5) is 16.7. The third-order valence-corrected chi connectivity index (χ3v) is 3.16. The molecule has 1 rings (SSSR count). The number of carbonyl (C=O) groups excluding carboxylic acids is 1. The molecule has 7 heteroatoms. The highest BCUT2D eigenvalue weighted by Gasteiger charge is 2.36. The van der Waals surface area contributed by atoms with E-state index in [4.69, 9.17) is 0 Å². The summed E-state index contributed by atoms with van der Waals surface area (Å²) in [6.07, 6.45) is 1.24. The van der Waals surface area contributed by atoms with Gasteiger partial charge in [-0.25, -0.2) is 13.2 Å². The highest BCUT2D eigenvalue weighted by Crippen LogP contribution is 2.27. The molecule has 0 bridgehead atoms. The molecule has 0 aromatic heterocycles. The molecule has 0 spiro atoms. The first kappa shape index (κ1) is 10.4. The monoisotopic (exact) mass is 209 g/mol. The molecule has 0 aliphatic heterocycles. The van der Waals surface area contributed by atoms with Crippen LogP contribution in [0.2, 0.25) is 0 Å². The third-order valence-electron chi connectivity index (χ3n) is 1.50. The van der Waals surface area contributed by atoms with Crippen LogP contribution in [0, 0.1) is 0 Å². The molecule has 6 nitrogen and oxygen atoms in total. The van der Waals surface area contributed by atoms with Crippen molar-refractivity contribution in [3.63, 3.8) is 0 Å². The average molecular weight is 209 g/mol. The van der Waals surface area contributed by atoms with Crippen molar-refractivity contribution in [2.45, 2.75) is 18.1 Å². The van der Waals surface area contributed by atoms with Gasteiger partial charge in [-0.15, -0.1) is 0 Å². The van der Waals surface area contributed by atoms with Gasteiger partial charge in [0.2, 0.25) is 10.0 Å². The van der Waals surface area contributed by atoms with E-state index in [1.165, 1.54) is 7.11 Å². The Balaban J connectivity index is 2.29. The van der Waals surface area contributed by atoms with Crippen molar-refractivity contribution in [3.05, 3.63) is 0 Å². The van der Waals surface area contributed by atoms with Gasteiger partial charge in [0.05, 0.1) is 5.25 Å². The van der Waals surface area contributed by atoms with Crippen molar-refractivity contribution < 1.29 is 22.8 Å². The number of hydrogen-bond donors (Lipinski definition) is 1. The SMILES string of the molecule is COCC(=O)ONS(=O)(=O)C1CC1. The van der Waals surface area contributed by atoms with Gasteiger partial charge in [-0.3, -0.25) is 0 Å². The second-order valence-corrected chi connectivity index (χ2v) is 4.66. The number of ether oxygens (including phenoxy) is 1. The van der Waals surface area contributed by atoms with E-state index in [0.717, 1.165) is 0 Å². The second-order valence-electron chi connectivity index (χ2n) is 2.73. The summed E-state index contributed by atoms with van der Waals surface area (Å²) in [5.41, 5.74) is 0. The molecule has 13 heavy (non-hydrogen) atoms. The van der Waals surface area contributed by atoms with Gasteiger partial charge in [-0.2, -0.15) is 0 Å². The van der Waals surface area contributed by atoms with E-state index in [1.807, 2.05) is 0 Å². The van der Waals surface area contributed by atoms with Crippen molar-refractivity contribution in [1.29, 1.82) is 0 Å². The molecule has 1 N–H and O–H groups in total. The summed E-state index contributed by atoms with van der Waals surface area (Å²) in [6.45, 7) is -0.271. The lowest BCUT2D eigenvalue weighted by Crippen LogP contribution is -2.31. The first-order chi connectivity index (χ1) is 6.06. The quantitative estimate of drug-likeness (QED) is 0.598. The lowest BCUT2D eigenvalue weighted by atomic mass is 10.7. The van der Waals surface area contributed by atoms with Gasteiger partial charge in [0.15, 0.2) is 0 Å². The van der Waals surface area contributed by atoms with Crippen molar-refractivity contribution in [3.8, 4) is 0 Å². The first-order valence-corrected chi connectivity index (χ1v) is 5.30. The van der Waals surface area contributed by atoms with Crippen LogP contribution in [0.4, 0.5) is 0 Å². The van der Waals surface area contributed by atoms with E-state index < -0.39 is 21.2 Å². The summed E-state index contributed by atoms with van der Waals surface area (Å²) in [6, 6.07) is 0. The van der Waals surface area contributed by atoms with E-state index >= 15 is 0 Å². The van der Waals surface area contributed by atoms with Gasteiger partial charge in [0.25, 0.3) is 0 Å². The molecule has 0 aromatic rings. The molecule has 0 atom stereocenters. The summed E-state index contributed by atoms with van der Waals surface area (Å²) >= 11 is 0. The van der Waals surface area contributed by atoms with Crippen LogP contribution in [-0.2, 0) is 24.4 Å². The van der Waals surface area contributed by atoms with Gasteiger partial charge < -0.3 is 9.57 Å². The molecule has 0 amide bonds. The number of sulfonamides is 1. The fourth-order valence-electron chi connectivity index (χ4n) is 0.698. The maximum atomic E-state index is 11.1. The molecule has 0 saturated heterocycles. The highest BCUT2D eigenvalue weighted by molar-refractivity contribution is 7.90. The summed E-state index contributed by atoms with van der Waals surface area (Å²) in [5.74, 6) is -0.758. The minimum Gasteiger partial charge on any atom is -0.373 e. The van der Waals surface area contributed by atoms with E-state index in [1.54, 1.807) is 4.89 Å². The normalized spacial score (nSPS) is 17.0. The molecular weight excluding hydrogens is 198 g/mol. The van der Waals surface area contributed by atoms with E-state index in [-0.39, 0.29) is 6.61 Å². The lowest BCUT2D eigenvalue weighted by molar-refractivity contribution is -0.151. The topological polar surface area (TPSA) is 81.7 Å². The molecule has 0 aromatic carbocycles. The molecule has 0 heterocycles. The zero-order valence-corrected chi connectivity index (χ0v) is 7.96. The van der Waals surface area contributed by atoms with Crippen LogP contribution < -0.4 is 4.89 Å². The number of hydrogen-bond acceptors (Lipinski definition) is 5. The van der Waals surface area contributed by atoms with Crippen molar-refractivity contribution >= 4 is 16.0 Å². The minimum absolute atomic E-state index is 0.271. The largest absolute Gasteiger partial charge is 0.373 e. The van der Waals surface area contributed by atoms with Crippen LogP contribution in [0.15, 0.2) is 0 Å². The Labute approximate surface area is 76.2 Å². The Morgan fingerprint density at radius 3 is 2.62 bits per heavy atom. The summed E-state index contributed by atoms with van der Waals surface area (Å²) in [5, 5.41) is -0.400. The second kappa shape index (κ2) is 4.03. The third kappa shape index (κ3) is 3.29. The molecule has 0 unspecified atom stereocenters. The van der Waals surface area contributed by atoms with Crippen LogP contribution in [0.25, 0.3) is 0 Å². The Kier molecular flexibility index (Phi) is 3.23. The van der Waals surface area contributed by atoms with Gasteiger partial charge in [0, 0.05) is 7.11 Å². The molecule has 1 saturated carbocycles. The fraction of sp³-hybridized carbons (Fsp3) is 0.833. The van der Waals surface area contributed by atoms with Gasteiger partial charge in [-0.05, 0) is 17.7 Å². The highest BCUT2D eigenvalue weighted by atomic mass is 32.2. The Hall–Kier alpha value is -0.660. The maximum Gasteiger partial charge on any atom is 0.351 e. The van der Waals surface area contributed by atoms with E-state index in [2.05, 4.69) is 9.57 Å². The van der Waals surface area contributed by atoms with E-state index in [9.17, 15) is 13.2 Å². The Morgan fingerprint density at radius 1 is 1.54 bits per heavy atom. The van der Waals surface area contributed by atoms with Crippen LogP contribution in [0.1, 0.15) is 12.8 Å². The van der Waals surface area contributed by atoms with Crippen molar-refractivity contribution in [2.24, 2.45) is 0 Å². The van der Waals surface area contributed by atoms with Gasteiger partial charge in [-0.1, -0.05) is 0 Å². The van der Waals surface area contributed by atoms with Crippen LogP contribution in [-0.4, -0.2) is 33.4 Å². The molecule has 0 radical (unpaired) electrons. The standard InChI is InChI=1S/C6H11NO5S/c1-11-4-6(8)12-7-13(9,10)5-2-3-5/h5,7H,2-4H2,1H3. The first-order valence-electron chi connectivity index (χ1n) is 3.75. The molecule has 76 valence electrons. The van der Waals surface area contributed by atoms with Gasteiger partial charge in [0.1, 0.15) is 6.61 Å². The summed E-state index contributed by atoms with van der Waals surface area (Å²) in [7, 11) is -2.13. The predicted octanol–water partition coefficient (Wildman–Crippen LogP) is -0.827. The summed E-state index contributed by atoms with van der Waals surface area (Å²) < 4.78 is 26.6. The zero-order valence-electron chi connectivity index (χ0n) is 7.15. The van der Waals surface area contributed by atoms with Crippen molar-refractivity contribution in [1.82, 2.24) is 4.89 Å². The fourth-order valence-corrected chi connectivity index (χ4v) is 1.80. The molecular formula is C6H11NO5S. The molecule has 1 fully saturated rings. The number of rotatable bonds is 5. The molecule has 1 aliphatic rings. The molecule has 1 aliphatic carbocycles. The average Bonchev–Trinajstić information content (AvgIpc) is 2.84. The van der Waals surface area contributed by atoms with Crippen molar-refractivity contribution in [2.75, 3.05) is 13.7 Å². The smallest absolute Gasteiger partial charge is 0.351 e. The number of methoxy groups -OCH3 is 1. The predicted molar refractivity (Wildman–Crippen MR) is 43.0 cm³/mol. The lowest BCUT2D eigenvalue weighted by Gasteiger charge is -2.04. The van der Waals surface area contributed by atoms with Gasteiger partial charge >= 0.3 is 5.97 Å². The van der Waals surface area contributed by atoms with Crippen LogP contribution in [0.3, 0.4) is 0 Å². The Morgan fingerprint density at radius 2 is 2.15 bits per heavy atom. The minimum atomic E-state index is -3.45.